The number of nitrogens with two attached hydrogens (primary N) is 1. The number of hydrogen-bond donors (Lipinski definition) is 3. The Morgan fingerprint density at radius 1 is 1.20 bits per heavy atom. The van der Waals surface area contributed by atoms with Gasteiger partial charge in [-0.1, -0.05) is 41.9 Å². The zero-order chi connectivity index (χ0) is 18.0. The van der Waals surface area contributed by atoms with Crippen LogP contribution in [-0.4, -0.2) is 18.4 Å². The van der Waals surface area contributed by atoms with Gasteiger partial charge in [-0.05, 0) is 30.3 Å². The van der Waals surface area contributed by atoms with Gasteiger partial charge in [0, 0.05) is 27.7 Å². The van der Waals surface area contributed by atoms with E-state index in [9.17, 15) is 5.11 Å². The highest BCUT2D eigenvalue weighted by Gasteiger charge is 2.30. The van der Waals surface area contributed by atoms with E-state index in [-0.39, 0.29) is 12.2 Å². The molecule has 0 radical (unpaired) electrons. The third-order valence-corrected chi connectivity index (χ3v) is 5.02. The quantitative estimate of drug-likeness (QED) is 0.732. The Hall–Kier alpha value is -1.98. The molecule has 4 nitrogen and oxygen atoms in total. The summed E-state index contributed by atoms with van der Waals surface area (Å²) in [5.74, 6) is 1.58. The standard InChI is InChI=1S/C20H23BrN2O2/c1-12(2)20-22-17(13-5-4-6-15(9-13)25-3)11-18(23-20)16-10-14(21)7-8-19(16)24/h4-12,18,20,22-24H,1-3H3/p+1. The van der Waals surface area contributed by atoms with Crippen molar-refractivity contribution in [3.63, 3.8) is 0 Å². The van der Waals surface area contributed by atoms with Crippen LogP contribution < -0.4 is 15.4 Å². The first kappa shape index (κ1) is 17.8. The maximum absolute atomic E-state index is 10.3. The second kappa shape index (κ2) is 7.50. The average Bonchev–Trinajstić information content (AvgIpc) is 2.63. The van der Waals surface area contributed by atoms with Crippen LogP contribution in [0.2, 0.25) is 0 Å². The summed E-state index contributed by atoms with van der Waals surface area (Å²) < 4.78 is 6.32. The van der Waals surface area contributed by atoms with E-state index in [4.69, 9.17) is 4.74 Å². The summed E-state index contributed by atoms with van der Waals surface area (Å²) >= 11 is 3.51. The summed E-state index contributed by atoms with van der Waals surface area (Å²) in [6.45, 7) is 4.39. The van der Waals surface area contributed by atoms with Crippen LogP contribution in [0.5, 0.6) is 11.5 Å². The van der Waals surface area contributed by atoms with Gasteiger partial charge in [0.05, 0.1) is 12.7 Å². The molecule has 1 aliphatic rings. The molecule has 4 N–H and O–H groups in total. The lowest BCUT2D eigenvalue weighted by Gasteiger charge is -2.32. The van der Waals surface area contributed by atoms with Crippen LogP contribution in [0.4, 0.5) is 0 Å². The minimum absolute atomic E-state index is 0.0346. The van der Waals surface area contributed by atoms with Crippen molar-refractivity contribution in [1.82, 2.24) is 5.32 Å². The van der Waals surface area contributed by atoms with Crippen molar-refractivity contribution >= 4 is 21.6 Å². The van der Waals surface area contributed by atoms with Crippen molar-refractivity contribution in [2.24, 2.45) is 5.92 Å². The first-order valence-corrected chi connectivity index (χ1v) is 9.23. The van der Waals surface area contributed by atoms with Gasteiger partial charge in [0.1, 0.15) is 17.5 Å². The molecule has 2 atom stereocenters. The van der Waals surface area contributed by atoms with Crippen molar-refractivity contribution in [2.75, 3.05) is 7.11 Å². The third kappa shape index (κ3) is 3.99. The fourth-order valence-corrected chi connectivity index (χ4v) is 3.46. The number of ether oxygens (including phenoxy) is 1. The monoisotopic (exact) mass is 403 g/mol. The number of phenols is 1. The molecule has 5 heteroatoms. The number of halogens is 1. The normalized spacial score (nSPS) is 20.1. The number of quaternary nitrogens is 1. The van der Waals surface area contributed by atoms with E-state index < -0.39 is 0 Å². The number of methoxy groups -OCH3 is 1. The molecule has 0 aliphatic carbocycles. The summed E-state index contributed by atoms with van der Waals surface area (Å²) in [6, 6.07) is 13.6. The topological polar surface area (TPSA) is 58.1 Å². The molecule has 0 fully saturated rings. The molecule has 0 aromatic heterocycles. The number of rotatable bonds is 4. The third-order valence-electron chi connectivity index (χ3n) is 4.53. The number of nitrogens with one attached hydrogen (secondary N) is 1. The molecule has 0 saturated heterocycles. The first-order chi connectivity index (χ1) is 12.0. The van der Waals surface area contributed by atoms with Crippen molar-refractivity contribution in [1.29, 1.82) is 0 Å². The predicted molar refractivity (Wildman–Crippen MR) is 103 cm³/mol. The van der Waals surface area contributed by atoms with Crippen LogP contribution in [0.1, 0.15) is 31.0 Å². The van der Waals surface area contributed by atoms with Crippen molar-refractivity contribution in [2.45, 2.75) is 26.1 Å². The van der Waals surface area contributed by atoms with Crippen molar-refractivity contribution in [3.05, 3.63) is 64.1 Å². The minimum atomic E-state index is 0.0346. The molecule has 132 valence electrons. The van der Waals surface area contributed by atoms with Crippen LogP contribution in [-0.2, 0) is 0 Å². The van der Waals surface area contributed by atoms with Gasteiger partial charge in [-0.25, -0.2) is 0 Å². The first-order valence-electron chi connectivity index (χ1n) is 8.44. The van der Waals surface area contributed by atoms with Crippen LogP contribution >= 0.6 is 15.9 Å². The molecule has 1 aliphatic heterocycles. The van der Waals surface area contributed by atoms with Gasteiger partial charge < -0.3 is 20.5 Å². The van der Waals surface area contributed by atoms with E-state index in [1.807, 2.05) is 30.3 Å². The van der Waals surface area contributed by atoms with E-state index in [1.165, 1.54) is 0 Å². The van der Waals surface area contributed by atoms with Gasteiger partial charge in [-0.2, -0.15) is 0 Å². The molecule has 3 rings (SSSR count). The van der Waals surface area contributed by atoms with Crippen LogP contribution in [0.15, 0.2) is 53.0 Å². The number of hydrogen-bond acceptors (Lipinski definition) is 3. The fourth-order valence-electron chi connectivity index (χ4n) is 3.08. The van der Waals surface area contributed by atoms with Crippen LogP contribution in [0.3, 0.4) is 0 Å². The lowest BCUT2D eigenvalue weighted by atomic mass is 9.97. The molecule has 25 heavy (non-hydrogen) atoms. The second-order valence-corrected chi connectivity index (χ2v) is 7.56. The Morgan fingerprint density at radius 3 is 2.72 bits per heavy atom. The Balaban J connectivity index is 2.03. The Kier molecular flexibility index (Phi) is 5.35. The lowest BCUT2D eigenvalue weighted by molar-refractivity contribution is -0.729. The maximum Gasteiger partial charge on any atom is 0.162 e. The van der Waals surface area contributed by atoms with E-state index in [1.54, 1.807) is 13.2 Å². The summed E-state index contributed by atoms with van der Waals surface area (Å²) in [5.41, 5.74) is 3.05. The molecule has 0 spiro atoms. The summed E-state index contributed by atoms with van der Waals surface area (Å²) in [7, 11) is 1.68. The zero-order valence-corrected chi connectivity index (χ0v) is 16.2. The highest BCUT2D eigenvalue weighted by Crippen LogP contribution is 2.30. The largest absolute Gasteiger partial charge is 0.507 e. The number of aromatic hydroxyl groups is 1. The molecule has 1 heterocycles. The summed E-state index contributed by atoms with van der Waals surface area (Å²) in [5, 5.41) is 16.2. The van der Waals surface area contributed by atoms with Crippen molar-refractivity contribution in [3.8, 4) is 11.5 Å². The van der Waals surface area contributed by atoms with Gasteiger partial charge in [0.15, 0.2) is 6.17 Å². The van der Waals surface area contributed by atoms with E-state index in [0.29, 0.717) is 11.7 Å². The van der Waals surface area contributed by atoms with Crippen molar-refractivity contribution < 1.29 is 15.2 Å². The van der Waals surface area contributed by atoms with Crippen LogP contribution in [0, 0.1) is 5.92 Å². The molecular formula is C20H24BrN2O2+. The average molecular weight is 404 g/mol. The fraction of sp³-hybridized carbons (Fsp3) is 0.300. The predicted octanol–water partition coefficient (Wildman–Crippen LogP) is 3.39. The van der Waals surface area contributed by atoms with Gasteiger partial charge >= 0.3 is 0 Å². The smallest absolute Gasteiger partial charge is 0.162 e. The Labute approximate surface area is 157 Å². The molecular weight excluding hydrogens is 380 g/mol. The lowest BCUT2D eigenvalue weighted by Crippen LogP contribution is -2.96. The summed E-state index contributed by atoms with van der Waals surface area (Å²) in [6.07, 6.45) is 2.38. The Bertz CT molecular complexity index is 789. The summed E-state index contributed by atoms with van der Waals surface area (Å²) in [4.78, 5) is 0. The van der Waals surface area contributed by atoms with E-state index in [0.717, 1.165) is 27.0 Å². The molecule has 0 bridgehead atoms. The minimum Gasteiger partial charge on any atom is -0.507 e. The number of phenolic OH excluding ortho intramolecular Hbond substituents is 1. The highest BCUT2D eigenvalue weighted by molar-refractivity contribution is 9.10. The van der Waals surface area contributed by atoms with E-state index >= 15 is 0 Å². The van der Waals surface area contributed by atoms with Crippen LogP contribution in [0.25, 0.3) is 5.70 Å². The molecule has 2 aromatic rings. The zero-order valence-electron chi connectivity index (χ0n) is 14.7. The second-order valence-electron chi connectivity index (χ2n) is 6.65. The molecule has 0 amide bonds. The maximum atomic E-state index is 10.3. The van der Waals surface area contributed by atoms with Gasteiger partial charge in [-0.15, -0.1) is 0 Å². The molecule has 2 aromatic carbocycles. The number of benzene rings is 2. The molecule has 2 unspecified atom stereocenters. The SMILES string of the molecule is COc1cccc(C2=CC(c3cc(Br)ccc3O)[NH2+]C(C(C)C)N2)c1. The van der Waals surface area contributed by atoms with Gasteiger partial charge in [0.2, 0.25) is 0 Å². The van der Waals surface area contributed by atoms with E-state index in [2.05, 4.69) is 52.6 Å². The highest BCUT2D eigenvalue weighted by atomic mass is 79.9. The van der Waals surface area contributed by atoms with Gasteiger partial charge in [0.25, 0.3) is 0 Å². The molecule has 0 saturated carbocycles. The Morgan fingerprint density at radius 2 is 2.00 bits per heavy atom. The van der Waals surface area contributed by atoms with Gasteiger partial charge in [-0.3, -0.25) is 0 Å².